The zero-order valence-corrected chi connectivity index (χ0v) is 16.1. The number of hydrogen-bond acceptors (Lipinski definition) is 4. The predicted molar refractivity (Wildman–Crippen MR) is 103 cm³/mol. The summed E-state index contributed by atoms with van der Waals surface area (Å²) in [6.07, 6.45) is 0. The van der Waals surface area contributed by atoms with E-state index in [9.17, 15) is 13.2 Å². The smallest absolute Gasteiger partial charge is 0.287 e. The molecule has 5 nitrogen and oxygen atoms in total. The van der Waals surface area contributed by atoms with Crippen LogP contribution < -0.4 is 5.32 Å². The summed E-state index contributed by atoms with van der Waals surface area (Å²) in [6, 6.07) is 18.0. The SMILES string of the molecule is CC(NC(=O)c1ccc(CS(=O)(=O)c2ccccc2)o1)c1ccccc1Cl. The summed E-state index contributed by atoms with van der Waals surface area (Å²) < 4.78 is 30.3. The second kappa shape index (κ2) is 7.98. The number of carbonyl (C=O) groups is 1. The van der Waals surface area contributed by atoms with E-state index in [1.165, 1.54) is 24.3 Å². The first-order valence-electron chi connectivity index (χ1n) is 8.28. The van der Waals surface area contributed by atoms with Crippen LogP contribution in [0.2, 0.25) is 5.02 Å². The van der Waals surface area contributed by atoms with Gasteiger partial charge in [-0.25, -0.2) is 8.42 Å². The Kier molecular flexibility index (Phi) is 5.68. The van der Waals surface area contributed by atoms with Gasteiger partial charge in [0.15, 0.2) is 15.6 Å². The first-order chi connectivity index (χ1) is 12.9. The molecular weight excluding hydrogens is 386 g/mol. The van der Waals surface area contributed by atoms with Crippen LogP contribution in [-0.2, 0) is 15.6 Å². The van der Waals surface area contributed by atoms with Crippen molar-refractivity contribution >= 4 is 27.3 Å². The summed E-state index contributed by atoms with van der Waals surface area (Å²) in [5.41, 5.74) is 0.783. The minimum absolute atomic E-state index is 0.0483. The Morgan fingerprint density at radius 1 is 1.04 bits per heavy atom. The van der Waals surface area contributed by atoms with Crippen LogP contribution >= 0.6 is 11.6 Å². The van der Waals surface area contributed by atoms with E-state index in [1.807, 2.05) is 25.1 Å². The number of hydrogen-bond donors (Lipinski definition) is 1. The number of carbonyl (C=O) groups excluding carboxylic acids is 1. The second-order valence-electron chi connectivity index (χ2n) is 6.05. The predicted octanol–water partition coefficient (Wildman–Crippen LogP) is 4.40. The summed E-state index contributed by atoms with van der Waals surface area (Å²) in [5, 5.41) is 3.35. The van der Waals surface area contributed by atoms with Crippen molar-refractivity contribution in [3.8, 4) is 0 Å². The molecule has 1 heterocycles. The van der Waals surface area contributed by atoms with Crippen molar-refractivity contribution in [2.45, 2.75) is 23.6 Å². The van der Waals surface area contributed by atoms with Gasteiger partial charge < -0.3 is 9.73 Å². The van der Waals surface area contributed by atoms with Gasteiger partial charge in [-0.2, -0.15) is 0 Å². The molecule has 0 saturated heterocycles. The number of sulfone groups is 1. The molecule has 7 heteroatoms. The second-order valence-corrected chi connectivity index (χ2v) is 8.45. The highest BCUT2D eigenvalue weighted by atomic mass is 35.5. The fourth-order valence-electron chi connectivity index (χ4n) is 2.65. The van der Waals surface area contributed by atoms with Crippen LogP contribution in [0.4, 0.5) is 0 Å². The molecule has 0 fully saturated rings. The quantitative estimate of drug-likeness (QED) is 0.661. The molecule has 1 amide bonds. The molecule has 1 atom stereocenters. The van der Waals surface area contributed by atoms with E-state index in [1.54, 1.807) is 24.3 Å². The first kappa shape index (κ1) is 19.2. The molecule has 1 aromatic heterocycles. The van der Waals surface area contributed by atoms with Crippen molar-refractivity contribution < 1.29 is 17.6 Å². The Hall–Kier alpha value is -2.57. The maximum absolute atomic E-state index is 12.4. The molecule has 0 bridgehead atoms. The molecule has 3 rings (SSSR count). The topological polar surface area (TPSA) is 76.4 Å². The molecule has 27 heavy (non-hydrogen) atoms. The molecular formula is C20H18ClNO4S. The molecule has 140 valence electrons. The lowest BCUT2D eigenvalue weighted by molar-refractivity contribution is 0.0910. The molecule has 0 spiro atoms. The Morgan fingerprint density at radius 3 is 2.41 bits per heavy atom. The minimum atomic E-state index is -3.54. The molecule has 0 aliphatic rings. The van der Waals surface area contributed by atoms with Crippen molar-refractivity contribution in [3.05, 3.63) is 88.8 Å². The van der Waals surface area contributed by atoms with E-state index in [0.717, 1.165) is 5.56 Å². The van der Waals surface area contributed by atoms with Gasteiger partial charge in [0.1, 0.15) is 11.5 Å². The van der Waals surface area contributed by atoms with Gasteiger partial charge >= 0.3 is 0 Å². The maximum atomic E-state index is 12.4. The molecule has 1 unspecified atom stereocenters. The van der Waals surface area contributed by atoms with Crippen LogP contribution in [0, 0.1) is 0 Å². The van der Waals surface area contributed by atoms with Gasteiger partial charge in [0.25, 0.3) is 5.91 Å². The number of nitrogens with one attached hydrogen (secondary N) is 1. The van der Waals surface area contributed by atoms with E-state index >= 15 is 0 Å². The first-order valence-corrected chi connectivity index (χ1v) is 10.3. The molecule has 0 aliphatic carbocycles. The van der Waals surface area contributed by atoms with E-state index in [-0.39, 0.29) is 28.2 Å². The summed E-state index contributed by atoms with van der Waals surface area (Å²) >= 11 is 6.14. The number of rotatable bonds is 6. The Labute approximate surface area is 162 Å². The lowest BCUT2D eigenvalue weighted by Gasteiger charge is -2.14. The van der Waals surface area contributed by atoms with Crippen LogP contribution in [0.1, 0.15) is 34.8 Å². The van der Waals surface area contributed by atoms with Gasteiger partial charge in [0, 0.05) is 5.02 Å². The molecule has 2 aromatic carbocycles. The third kappa shape index (κ3) is 4.59. The van der Waals surface area contributed by atoms with E-state index in [2.05, 4.69) is 5.32 Å². The van der Waals surface area contributed by atoms with Gasteiger partial charge in [0.2, 0.25) is 0 Å². The largest absolute Gasteiger partial charge is 0.455 e. The van der Waals surface area contributed by atoms with Crippen LogP contribution in [-0.4, -0.2) is 14.3 Å². The molecule has 0 saturated carbocycles. The van der Waals surface area contributed by atoms with Gasteiger partial charge in [-0.3, -0.25) is 4.79 Å². The van der Waals surface area contributed by atoms with Crippen LogP contribution in [0.3, 0.4) is 0 Å². The highest BCUT2D eigenvalue weighted by Crippen LogP contribution is 2.23. The van der Waals surface area contributed by atoms with E-state index < -0.39 is 15.7 Å². The lowest BCUT2D eigenvalue weighted by atomic mass is 10.1. The van der Waals surface area contributed by atoms with Gasteiger partial charge in [-0.15, -0.1) is 0 Å². The van der Waals surface area contributed by atoms with Crippen molar-refractivity contribution in [2.75, 3.05) is 0 Å². The Balaban J connectivity index is 1.70. The van der Waals surface area contributed by atoms with Crippen molar-refractivity contribution in [1.29, 1.82) is 0 Å². The standard InChI is InChI=1S/C20H18ClNO4S/c1-14(17-9-5-6-10-18(17)21)22-20(23)19-12-11-15(26-19)13-27(24,25)16-7-3-2-4-8-16/h2-12,14H,13H2,1H3,(H,22,23). The van der Waals surface area contributed by atoms with Crippen molar-refractivity contribution in [1.82, 2.24) is 5.32 Å². The molecule has 3 aromatic rings. The summed E-state index contributed by atoms with van der Waals surface area (Å²) in [6.45, 7) is 1.81. The number of halogens is 1. The highest BCUT2D eigenvalue weighted by molar-refractivity contribution is 7.90. The Bertz CT molecular complexity index is 1040. The average Bonchev–Trinajstić information content (AvgIpc) is 3.10. The summed E-state index contributed by atoms with van der Waals surface area (Å²) in [4.78, 5) is 12.6. The van der Waals surface area contributed by atoms with Crippen LogP contribution in [0.25, 0.3) is 0 Å². The lowest BCUT2D eigenvalue weighted by Crippen LogP contribution is -2.26. The third-order valence-corrected chi connectivity index (χ3v) is 6.04. The molecule has 0 aliphatic heterocycles. The van der Waals surface area contributed by atoms with E-state index in [4.69, 9.17) is 16.0 Å². The zero-order valence-electron chi connectivity index (χ0n) is 14.6. The van der Waals surface area contributed by atoms with Crippen molar-refractivity contribution in [3.63, 3.8) is 0 Å². The fourth-order valence-corrected chi connectivity index (χ4v) is 4.22. The molecule has 1 N–H and O–H groups in total. The van der Waals surface area contributed by atoms with Crippen LogP contribution in [0.15, 0.2) is 76.0 Å². The normalized spacial score (nSPS) is 12.5. The molecule has 0 radical (unpaired) electrons. The average molecular weight is 404 g/mol. The minimum Gasteiger partial charge on any atom is -0.455 e. The van der Waals surface area contributed by atoms with Crippen molar-refractivity contribution in [2.24, 2.45) is 0 Å². The highest BCUT2D eigenvalue weighted by Gasteiger charge is 2.20. The number of furan rings is 1. The summed E-state index contributed by atoms with van der Waals surface area (Å²) in [7, 11) is -3.54. The van der Waals surface area contributed by atoms with Gasteiger partial charge in [-0.05, 0) is 42.8 Å². The third-order valence-electron chi connectivity index (χ3n) is 4.04. The van der Waals surface area contributed by atoms with E-state index in [0.29, 0.717) is 5.02 Å². The van der Waals surface area contributed by atoms with Crippen LogP contribution in [0.5, 0.6) is 0 Å². The number of amides is 1. The maximum Gasteiger partial charge on any atom is 0.287 e. The summed E-state index contributed by atoms with van der Waals surface area (Å²) in [5.74, 6) is -0.503. The van der Waals surface area contributed by atoms with Gasteiger partial charge in [-0.1, -0.05) is 48.0 Å². The number of benzene rings is 2. The monoisotopic (exact) mass is 403 g/mol. The Morgan fingerprint density at radius 2 is 1.70 bits per heavy atom. The zero-order chi connectivity index (χ0) is 19.4. The van der Waals surface area contributed by atoms with Gasteiger partial charge in [0.05, 0.1) is 10.9 Å². The fraction of sp³-hybridized carbons (Fsp3) is 0.150.